The molecule has 0 aliphatic heterocycles. The molecule has 1 aromatic carbocycles. The molecule has 0 radical (unpaired) electrons. The van der Waals surface area contributed by atoms with Gasteiger partial charge in [-0.25, -0.2) is 8.42 Å². The molecule has 0 amide bonds. The minimum atomic E-state index is -3.81. The van der Waals surface area contributed by atoms with Gasteiger partial charge in [0.25, 0.3) is 10.0 Å². The smallest absolute Gasteiger partial charge is 0.263 e. The molecule has 0 aliphatic rings. The lowest BCUT2D eigenvalue weighted by Gasteiger charge is -2.10. The second-order valence-electron chi connectivity index (χ2n) is 5.48. The van der Waals surface area contributed by atoms with E-state index in [4.69, 9.17) is 16.3 Å². The van der Waals surface area contributed by atoms with Gasteiger partial charge in [-0.3, -0.25) is 4.72 Å². The number of hydrogen-bond donors (Lipinski definition) is 2. The van der Waals surface area contributed by atoms with Crippen LogP contribution >= 0.6 is 11.6 Å². The van der Waals surface area contributed by atoms with E-state index in [0.29, 0.717) is 17.5 Å². The molecule has 7 nitrogen and oxygen atoms in total. The molecule has 2 aromatic rings. The number of aromatic nitrogens is 2. The Labute approximate surface area is 146 Å². The van der Waals surface area contributed by atoms with Crippen molar-refractivity contribution in [3.05, 3.63) is 35.4 Å². The van der Waals surface area contributed by atoms with Crippen LogP contribution in [0.2, 0.25) is 5.02 Å². The quantitative estimate of drug-likeness (QED) is 0.778. The van der Waals surface area contributed by atoms with Gasteiger partial charge in [-0.1, -0.05) is 25.4 Å². The number of nitrogens with zero attached hydrogens (tertiary/aromatic N) is 2. The largest absolute Gasteiger partial charge is 0.495 e. The molecule has 0 aliphatic carbocycles. The fourth-order valence-electron chi connectivity index (χ4n) is 1.80. The van der Waals surface area contributed by atoms with E-state index in [-0.39, 0.29) is 15.7 Å². The number of ether oxygens (including phenoxy) is 1. The number of halogens is 1. The number of sulfonamides is 1. The van der Waals surface area contributed by atoms with Crippen LogP contribution < -0.4 is 14.8 Å². The first-order chi connectivity index (χ1) is 11.3. The van der Waals surface area contributed by atoms with Crippen LogP contribution in [0.3, 0.4) is 0 Å². The van der Waals surface area contributed by atoms with Gasteiger partial charge < -0.3 is 10.1 Å². The molecule has 2 rings (SSSR count). The van der Waals surface area contributed by atoms with Gasteiger partial charge in [-0.15, -0.1) is 10.2 Å². The Kier molecular flexibility index (Phi) is 5.84. The maximum atomic E-state index is 12.4. The Balaban J connectivity index is 2.12. The molecule has 24 heavy (non-hydrogen) atoms. The van der Waals surface area contributed by atoms with Crippen molar-refractivity contribution >= 4 is 33.3 Å². The van der Waals surface area contributed by atoms with Gasteiger partial charge in [-0.2, -0.15) is 0 Å². The summed E-state index contributed by atoms with van der Waals surface area (Å²) in [5.74, 6) is 1.57. The minimum Gasteiger partial charge on any atom is -0.495 e. The normalized spacial score (nSPS) is 11.4. The first-order valence-corrected chi connectivity index (χ1v) is 9.12. The van der Waals surface area contributed by atoms with Crippen molar-refractivity contribution in [2.75, 3.05) is 23.7 Å². The highest BCUT2D eigenvalue weighted by Crippen LogP contribution is 2.27. The third kappa shape index (κ3) is 4.72. The van der Waals surface area contributed by atoms with Crippen molar-refractivity contribution in [3.63, 3.8) is 0 Å². The predicted octanol–water partition coefficient (Wildman–Crippen LogP) is 3.01. The van der Waals surface area contributed by atoms with Gasteiger partial charge in [0.05, 0.1) is 17.0 Å². The molecule has 0 spiro atoms. The molecule has 9 heteroatoms. The molecular weight excluding hydrogens is 352 g/mol. The zero-order valence-corrected chi connectivity index (χ0v) is 15.1. The van der Waals surface area contributed by atoms with E-state index >= 15 is 0 Å². The summed E-state index contributed by atoms with van der Waals surface area (Å²) in [6.07, 6.45) is 0. The molecule has 0 saturated carbocycles. The lowest BCUT2D eigenvalue weighted by molar-refractivity contribution is 0.414. The second kappa shape index (κ2) is 7.67. The van der Waals surface area contributed by atoms with Crippen molar-refractivity contribution in [3.8, 4) is 5.75 Å². The van der Waals surface area contributed by atoms with Crippen molar-refractivity contribution in [2.45, 2.75) is 18.7 Å². The van der Waals surface area contributed by atoms with Gasteiger partial charge in [0.2, 0.25) is 0 Å². The molecule has 0 bridgehead atoms. The van der Waals surface area contributed by atoms with Crippen LogP contribution in [0.1, 0.15) is 13.8 Å². The highest BCUT2D eigenvalue weighted by molar-refractivity contribution is 7.92. The maximum Gasteiger partial charge on any atom is 0.263 e. The number of anilines is 2. The van der Waals surface area contributed by atoms with Crippen LogP contribution in [0, 0.1) is 5.92 Å². The highest BCUT2D eigenvalue weighted by atomic mass is 35.5. The van der Waals surface area contributed by atoms with Crippen LogP contribution in [0.25, 0.3) is 0 Å². The summed E-state index contributed by atoms with van der Waals surface area (Å²) in [4.78, 5) is 0.0112. The number of hydrogen-bond acceptors (Lipinski definition) is 6. The summed E-state index contributed by atoms with van der Waals surface area (Å²) in [5.41, 5.74) is 0. The van der Waals surface area contributed by atoms with E-state index in [1.165, 1.54) is 25.3 Å². The number of nitrogens with one attached hydrogen (secondary N) is 2. The maximum absolute atomic E-state index is 12.4. The van der Waals surface area contributed by atoms with Crippen LogP contribution in [-0.4, -0.2) is 32.3 Å². The summed E-state index contributed by atoms with van der Waals surface area (Å²) < 4.78 is 32.1. The average Bonchev–Trinajstić information content (AvgIpc) is 2.53. The zero-order chi connectivity index (χ0) is 17.7. The van der Waals surface area contributed by atoms with Crippen molar-refractivity contribution in [1.29, 1.82) is 0 Å². The van der Waals surface area contributed by atoms with Crippen LogP contribution in [0.5, 0.6) is 5.75 Å². The minimum absolute atomic E-state index is 0.0112. The Morgan fingerprint density at radius 3 is 2.38 bits per heavy atom. The molecule has 0 atom stereocenters. The van der Waals surface area contributed by atoms with Crippen LogP contribution in [0.15, 0.2) is 35.2 Å². The molecule has 1 heterocycles. The van der Waals surface area contributed by atoms with E-state index < -0.39 is 10.0 Å². The van der Waals surface area contributed by atoms with Gasteiger partial charge in [0.15, 0.2) is 5.82 Å². The molecule has 0 fully saturated rings. The SMILES string of the molecule is COc1ccc(S(=O)(=O)Nc2ccc(NCC(C)C)nn2)cc1Cl. The average molecular weight is 371 g/mol. The fourth-order valence-corrected chi connectivity index (χ4v) is 3.15. The van der Waals surface area contributed by atoms with Crippen molar-refractivity contribution in [1.82, 2.24) is 10.2 Å². The fraction of sp³-hybridized carbons (Fsp3) is 0.333. The Morgan fingerprint density at radius 2 is 1.83 bits per heavy atom. The second-order valence-corrected chi connectivity index (χ2v) is 7.57. The summed E-state index contributed by atoms with van der Waals surface area (Å²) in [5, 5.41) is 11.1. The summed E-state index contributed by atoms with van der Waals surface area (Å²) in [6.45, 7) is 4.90. The van der Waals surface area contributed by atoms with Crippen molar-refractivity contribution in [2.24, 2.45) is 5.92 Å². The monoisotopic (exact) mass is 370 g/mol. The Bertz CT molecular complexity index is 795. The van der Waals surface area contributed by atoms with Gasteiger partial charge in [-0.05, 0) is 36.2 Å². The lowest BCUT2D eigenvalue weighted by atomic mass is 10.2. The van der Waals surface area contributed by atoms with Gasteiger partial charge >= 0.3 is 0 Å². The van der Waals surface area contributed by atoms with Crippen molar-refractivity contribution < 1.29 is 13.2 Å². The third-order valence-electron chi connectivity index (χ3n) is 3.03. The molecular formula is C15H19ClN4O3S. The van der Waals surface area contributed by atoms with Gasteiger partial charge in [0, 0.05) is 6.54 Å². The van der Waals surface area contributed by atoms with E-state index in [1.54, 1.807) is 12.1 Å². The Hall–Kier alpha value is -2.06. The standard InChI is InChI=1S/C15H19ClN4O3S/c1-10(2)9-17-14-6-7-15(19-18-14)20-24(21,22)11-4-5-13(23-3)12(16)8-11/h4-8,10H,9H2,1-3H3,(H,17,18)(H,19,20). The summed E-state index contributed by atoms with van der Waals surface area (Å²) in [6, 6.07) is 7.40. The predicted molar refractivity (Wildman–Crippen MR) is 94.2 cm³/mol. The number of benzene rings is 1. The van der Waals surface area contributed by atoms with Crippen LogP contribution in [-0.2, 0) is 10.0 Å². The first kappa shape index (κ1) is 18.3. The van der Waals surface area contributed by atoms with E-state index in [1.807, 2.05) is 0 Å². The molecule has 0 unspecified atom stereocenters. The Morgan fingerprint density at radius 1 is 1.17 bits per heavy atom. The van der Waals surface area contributed by atoms with E-state index in [0.717, 1.165) is 6.54 Å². The molecule has 2 N–H and O–H groups in total. The number of methoxy groups -OCH3 is 1. The molecule has 0 saturated heterocycles. The van der Waals surface area contributed by atoms with E-state index in [2.05, 4.69) is 34.1 Å². The summed E-state index contributed by atoms with van der Waals surface area (Å²) in [7, 11) is -2.36. The topological polar surface area (TPSA) is 93.2 Å². The third-order valence-corrected chi connectivity index (χ3v) is 4.68. The first-order valence-electron chi connectivity index (χ1n) is 7.26. The summed E-state index contributed by atoms with van der Waals surface area (Å²) >= 11 is 5.97. The lowest BCUT2D eigenvalue weighted by Crippen LogP contribution is -2.15. The number of rotatable bonds is 7. The van der Waals surface area contributed by atoms with Crippen LogP contribution in [0.4, 0.5) is 11.6 Å². The highest BCUT2D eigenvalue weighted by Gasteiger charge is 2.17. The molecule has 130 valence electrons. The zero-order valence-electron chi connectivity index (χ0n) is 13.6. The molecule has 1 aromatic heterocycles. The van der Waals surface area contributed by atoms with Gasteiger partial charge in [0.1, 0.15) is 11.6 Å². The van der Waals surface area contributed by atoms with E-state index in [9.17, 15) is 8.42 Å².